The van der Waals surface area contributed by atoms with Crippen LogP contribution in [0.1, 0.15) is 46.2 Å². The van der Waals surface area contributed by atoms with Gasteiger partial charge in [-0.15, -0.1) is 0 Å². The number of aryl methyl sites for hydroxylation is 1. The number of likely N-dealkylation sites (tertiary alicyclic amines) is 1. The van der Waals surface area contributed by atoms with Gasteiger partial charge in [0.1, 0.15) is 5.82 Å². The molecule has 2 aromatic heterocycles. The van der Waals surface area contributed by atoms with Gasteiger partial charge in [0.2, 0.25) is 0 Å². The number of alkyl halides is 3. The van der Waals surface area contributed by atoms with E-state index in [0.717, 1.165) is 41.8 Å². The fourth-order valence-electron chi connectivity index (χ4n) is 3.92. The maximum absolute atomic E-state index is 13.0. The third-order valence-corrected chi connectivity index (χ3v) is 5.48. The molecule has 1 aromatic carbocycles. The van der Waals surface area contributed by atoms with Gasteiger partial charge in [0.15, 0.2) is 0 Å². The van der Waals surface area contributed by atoms with Gasteiger partial charge in [0, 0.05) is 48.7 Å². The number of nitrogens with zero attached hydrogens (tertiary/aromatic N) is 4. The fraction of sp³-hybridized carbons (Fsp3) is 0.304. The Hall–Kier alpha value is -3.29. The molecule has 5 nitrogen and oxygen atoms in total. The predicted molar refractivity (Wildman–Crippen MR) is 109 cm³/mol. The number of aromatic nitrogens is 3. The molecular weight excluding hydrogens is 405 g/mol. The van der Waals surface area contributed by atoms with Gasteiger partial charge in [0.25, 0.3) is 5.91 Å². The van der Waals surface area contributed by atoms with Crippen molar-refractivity contribution in [3.63, 3.8) is 0 Å². The van der Waals surface area contributed by atoms with Crippen LogP contribution in [0.25, 0.3) is 11.1 Å². The van der Waals surface area contributed by atoms with Gasteiger partial charge >= 0.3 is 6.18 Å². The third kappa shape index (κ3) is 4.57. The largest absolute Gasteiger partial charge is 0.416 e. The maximum Gasteiger partial charge on any atom is 0.416 e. The number of carbonyl (C=O) groups excluding carboxylic acids is 1. The van der Waals surface area contributed by atoms with E-state index in [1.165, 1.54) is 12.1 Å². The van der Waals surface area contributed by atoms with Crippen LogP contribution in [-0.4, -0.2) is 38.8 Å². The van der Waals surface area contributed by atoms with Crippen molar-refractivity contribution in [2.75, 3.05) is 13.1 Å². The van der Waals surface area contributed by atoms with E-state index in [1.54, 1.807) is 23.5 Å². The van der Waals surface area contributed by atoms with Crippen molar-refractivity contribution in [3.8, 4) is 11.1 Å². The smallest absolute Gasteiger partial charge is 0.338 e. The second kappa shape index (κ2) is 8.45. The summed E-state index contributed by atoms with van der Waals surface area (Å²) in [6.07, 6.45) is 2.44. The molecule has 1 unspecified atom stereocenters. The van der Waals surface area contributed by atoms with Crippen LogP contribution in [0.5, 0.6) is 0 Å². The van der Waals surface area contributed by atoms with Crippen LogP contribution in [0.3, 0.4) is 0 Å². The molecule has 1 saturated heterocycles. The summed E-state index contributed by atoms with van der Waals surface area (Å²) in [5.41, 5.74) is 2.22. The average Bonchev–Trinajstić information content (AvgIpc) is 2.79. The topological polar surface area (TPSA) is 59.0 Å². The average molecular weight is 426 g/mol. The molecule has 1 fully saturated rings. The van der Waals surface area contributed by atoms with E-state index in [1.807, 2.05) is 19.1 Å². The monoisotopic (exact) mass is 426 g/mol. The summed E-state index contributed by atoms with van der Waals surface area (Å²) in [6, 6.07) is 8.17. The number of piperidine rings is 1. The number of amides is 1. The van der Waals surface area contributed by atoms with Crippen LogP contribution in [-0.2, 0) is 6.18 Å². The minimum Gasteiger partial charge on any atom is -0.338 e. The first-order chi connectivity index (χ1) is 14.8. The first-order valence-corrected chi connectivity index (χ1v) is 10.0. The van der Waals surface area contributed by atoms with Crippen molar-refractivity contribution in [1.29, 1.82) is 0 Å². The summed E-state index contributed by atoms with van der Waals surface area (Å²) in [5.74, 6) is 0.394. The van der Waals surface area contributed by atoms with Crippen molar-refractivity contribution in [1.82, 2.24) is 19.9 Å². The van der Waals surface area contributed by atoms with E-state index in [2.05, 4.69) is 15.0 Å². The van der Waals surface area contributed by atoms with E-state index in [-0.39, 0.29) is 17.4 Å². The van der Waals surface area contributed by atoms with Crippen LogP contribution in [0.15, 0.2) is 55.0 Å². The van der Waals surface area contributed by atoms with Gasteiger partial charge in [-0.3, -0.25) is 9.78 Å². The minimum absolute atomic E-state index is 0.0111. The zero-order valence-corrected chi connectivity index (χ0v) is 16.9. The van der Waals surface area contributed by atoms with E-state index in [9.17, 15) is 18.0 Å². The Kier molecular flexibility index (Phi) is 5.71. The minimum atomic E-state index is -4.42. The Morgan fingerprint density at radius 2 is 1.81 bits per heavy atom. The van der Waals surface area contributed by atoms with Gasteiger partial charge in [-0.05, 0) is 61.7 Å². The Balaban J connectivity index is 1.58. The Morgan fingerprint density at radius 1 is 1.10 bits per heavy atom. The molecule has 0 radical (unpaired) electrons. The maximum atomic E-state index is 13.0. The van der Waals surface area contributed by atoms with Crippen LogP contribution in [0.4, 0.5) is 13.2 Å². The van der Waals surface area contributed by atoms with Crippen molar-refractivity contribution in [3.05, 3.63) is 77.6 Å². The lowest BCUT2D eigenvalue weighted by Gasteiger charge is -2.33. The van der Waals surface area contributed by atoms with Crippen LogP contribution >= 0.6 is 0 Å². The number of carbonyl (C=O) groups is 1. The summed E-state index contributed by atoms with van der Waals surface area (Å²) in [5, 5.41) is 0. The zero-order chi connectivity index (χ0) is 22.0. The zero-order valence-electron chi connectivity index (χ0n) is 16.9. The Morgan fingerprint density at radius 3 is 2.48 bits per heavy atom. The molecule has 1 aliphatic rings. The standard InChI is InChI=1S/C23H21F3N4O/c1-15-28-13-20(16-8-10-27-11-9-16)21(29-15)18-3-2-12-30(14-18)22(31)17-4-6-19(7-5-17)23(24,25)26/h4-11,13,18H,2-3,12,14H2,1H3. The summed E-state index contributed by atoms with van der Waals surface area (Å²) in [4.78, 5) is 27.7. The molecule has 1 amide bonds. The first kappa shape index (κ1) is 21.0. The number of hydrogen-bond donors (Lipinski definition) is 0. The number of hydrogen-bond acceptors (Lipinski definition) is 4. The normalized spacial score (nSPS) is 16.9. The molecule has 1 aliphatic heterocycles. The number of pyridine rings is 1. The summed E-state index contributed by atoms with van der Waals surface area (Å²) < 4.78 is 38.4. The molecule has 1 atom stereocenters. The van der Waals surface area contributed by atoms with Crippen molar-refractivity contribution < 1.29 is 18.0 Å². The molecule has 0 aliphatic carbocycles. The number of rotatable bonds is 3. The predicted octanol–water partition coefficient (Wildman–Crippen LogP) is 4.89. The van der Waals surface area contributed by atoms with Gasteiger partial charge in [-0.25, -0.2) is 9.97 Å². The lowest BCUT2D eigenvalue weighted by atomic mass is 9.89. The van der Waals surface area contributed by atoms with Crippen LogP contribution < -0.4 is 0 Å². The van der Waals surface area contributed by atoms with Gasteiger partial charge in [0.05, 0.1) is 11.3 Å². The van der Waals surface area contributed by atoms with Gasteiger partial charge < -0.3 is 4.90 Å². The van der Waals surface area contributed by atoms with Gasteiger partial charge in [-0.2, -0.15) is 13.2 Å². The molecule has 0 spiro atoms. The van der Waals surface area contributed by atoms with E-state index in [4.69, 9.17) is 0 Å². The summed E-state index contributed by atoms with van der Waals surface area (Å²) in [7, 11) is 0. The van der Waals surface area contributed by atoms with E-state index in [0.29, 0.717) is 18.9 Å². The quantitative estimate of drug-likeness (QED) is 0.599. The third-order valence-electron chi connectivity index (χ3n) is 5.48. The molecule has 31 heavy (non-hydrogen) atoms. The van der Waals surface area contributed by atoms with Gasteiger partial charge in [-0.1, -0.05) is 0 Å². The highest BCUT2D eigenvalue weighted by Gasteiger charge is 2.31. The highest BCUT2D eigenvalue weighted by molar-refractivity contribution is 5.94. The Labute approximate surface area is 178 Å². The molecular formula is C23H21F3N4O. The molecule has 0 saturated carbocycles. The van der Waals surface area contributed by atoms with Crippen LogP contribution in [0.2, 0.25) is 0 Å². The number of benzene rings is 1. The second-order valence-electron chi connectivity index (χ2n) is 7.62. The van der Waals surface area contributed by atoms with Crippen LogP contribution in [0, 0.1) is 6.92 Å². The lowest BCUT2D eigenvalue weighted by Crippen LogP contribution is -2.39. The fourth-order valence-corrected chi connectivity index (χ4v) is 3.92. The molecule has 4 rings (SSSR count). The SMILES string of the molecule is Cc1ncc(-c2ccncc2)c(C2CCCN(C(=O)c3ccc(C(F)(F)F)cc3)C2)n1. The molecule has 160 valence electrons. The molecule has 3 aromatic rings. The second-order valence-corrected chi connectivity index (χ2v) is 7.62. The van der Waals surface area contributed by atoms with Crippen molar-refractivity contribution >= 4 is 5.91 Å². The highest BCUT2D eigenvalue weighted by atomic mass is 19.4. The van der Waals surface area contributed by atoms with E-state index < -0.39 is 11.7 Å². The molecule has 0 bridgehead atoms. The van der Waals surface area contributed by atoms with Crippen molar-refractivity contribution in [2.24, 2.45) is 0 Å². The lowest BCUT2D eigenvalue weighted by molar-refractivity contribution is -0.137. The molecule has 0 N–H and O–H groups in total. The first-order valence-electron chi connectivity index (χ1n) is 10.0. The van der Waals surface area contributed by atoms with E-state index >= 15 is 0 Å². The van der Waals surface area contributed by atoms with Crippen molar-refractivity contribution in [2.45, 2.75) is 31.9 Å². The summed E-state index contributed by atoms with van der Waals surface area (Å²) in [6.45, 7) is 2.84. The summed E-state index contributed by atoms with van der Waals surface area (Å²) >= 11 is 0. The highest BCUT2D eigenvalue weighted by Crippen LogP contribution is 2.34. The molecule has 3 heterocycles. The number of halogens is 3. The Bertz CT molecular complexity index is 1070. The molecule has 8 heteroatoms.